The molecule has 0 unspecified atom stereocenters. The van der Waals surface area contributed by atoms with Gasteiger partial charge in [0, 0.05) is 32.7 Å². The number of likely N-dealkylation sites (N-methyl/N-ethyl adjacent to an activating group) is 1. The van der Waals surface area contributed by atoms with E-state index >= 15 is 0 Å². The predicted octanol–water partition coefficient (Wildman–Crippen LogP) is 4.68. The molecule has 32 heavy (non-hydrogen) atoms. The molecule has 0 aromatic heterocycles. The summed E-state index contributed by atoms with van der Waals surface area (Å²) in [5.41, 5.74) is 1.55. The number of nitrogens with zero attached hydrogens (tertiary/aromatic N) is 3. The Hall–Kier alpha value is -2.21. The first-order valence-corrected chi connectivity index (χ1v) is 12.4. The molecule has 1 aromatic rings. The third-order valence-corrected chi connectivity index (χ3v) is 6.65. The van der Waals surface area contributed by atoms with E-state index in [9.17, 15) is 14.0 Å². The Kier molecular flexibility index (Phi) is 9.27. The first kappa shape index (κ1) is 24.4. The van der Waals surface area contributed by atoms with Gasteiger partial charge in [-0.2, -0.15) is 0 Å². The van der Waals surface area contributed by atoms with Crippen LogP contribution in [0.1, 0.15) is 70.8 Å². The lowest BCUT2D eigenvalue weighted by atomic mass is 10.0. The van der Waals surface area contributed by atoms with E-state index in [1.807, 2.05) is 0 Å². The number of carbonyl (C=O) groups is 2. The van der Waals surface area contributed by atoms with Crippen molar-refractivity contribution in [2.75, 3.05) is 39.3 Å². The van der Waals surface area contributed by atoms with Gasteiger partial charge in [-0.3, -0.25) is 14.5 Å². The van der Waals surface area contributed by atoms with Crippen LogP contribution in [0, 0.1) is 5.82 Å². The van der Waals surface area contributed by atoms with Gasteiger partial charge in [-0.05, 0) is 30.7 Å². The van der Waals surface area contributed by atoms with Gasteiger partial charge in [-0.15, -0.1) is 0 Å². The number of hydrogen-bond donors (Lipinski definition) is 0. The van der Waals surface area contributed by atoms with E-state index in [4.69, 9.17) is 0 Å². The second-order valence-corrected chi connectivity index (χ2v) is 8.89. The Morgan fingerprint density at radius 2 is 1.38 bits per heavy atom. The number of halogens is 1. The average Bonchev–Trinajstić information content (AvgIpc) is 3.06. The van der Waals surface area contributed by atoms with Crippen LogP contribution in [-0.2, 0) is 9.59 Å². The molecule has 1 fully saturated rings. The van der Waals surface area contributed by atoms with E-state index in [0.29, 0.717) is 23.4 Å². The number of amides is 2. The molecule has 0 radical (unpaired) electrons. The van der Waals surface area contributed by atoms with Crippen LogP contribution in [-0.4, -0.2) is 65.8 Å². The molecule has 2 aliphatic heterocycles. The highest BCUT2D eigenvalue weighted by atomic mass is 19.1. The van der Waals surface area contributed by atoms with Crippen molar-refractivity contribution in [1.82, 2.24) is 14.7 Å². The minimum absolute atomic E-state index is 0.192. The molecule has 1 saturated heterocycles. The van der Waals surface area contributed by atoms with Crippen molar-refractivity contribution in [3.63, 3.8) is 0 Å². The van der Waals surface area contributed by atoms with Crippen molar-refractivity contribution in [3.8, 4) is 0 Å². The first-order valence-electron chi connectivity index (χ1n) is 12.4. The van der Waals surface area contributed by atoms with Gasteiger partial charge in [0.1, 0.15) is 11.5 Å². The highest BCUT2D eigenvalue weighted by molar-refractivity contribution is 6.35. The lowest BCUT2D eigenvalue weighted by molar-refractivity contribution is -0.137. The Morgan fingerprint density at radius 3 is 1.97 bits per heavy atom. The highest BCUT2D eigenvalue weighted by Gasteiger charge is 2.41. The van der Waals surface area contributed by atoms with E-state index in [0.717, 1.165) is 52.0 Å². The molecule has 0 atom stereocenters. The summed E-state index contributed by atoms with van der Waals surface area (Å²) < 4.78 is 13.5. The van der Waals surface area contributed by atoms with E-state index in [2.05, 4.69) is 23.6 Å². The van der Waals surface area contributed by atoms with Gasteiger partial charge in [-0.1, -0.05) is 70.9 Å². The molecule has 2 aliphatic rings. The van der Waals surface area contributed by atoms with Crippen molar-refractivity contribution in [3.05, 3.63) is 41.3 Å². The number of hydrogen-bond acceptors (Lipinski definition) is 4. The maximum atomic E-state index is 13.5. The van der Waals surface area contributed by atoms with Crippen molar-refractivity contribution in [1.29, 1.82) is 0 Å². The number of piperazine rings is 1. The summed E-state index contributed by atoms with van der Waals surface area (Å²) in [5, 5.41) is 0. The van der Waals surface area contributed by atoms with Gasteiger partial charge in [0.2, 0.25) is 0 Å². The van der Waals surface area contributed by atoms with E-state index < -0.39 is 0 Å². The normalized spacial score (nSPS) is 17.7. The predicted molar refractivity (Wildman–Crippen MR) is 126 cm³/mol. The fourth-order valence-corrected chi connectivity index (χ4v) is 4.63. The second kappa shape index (κ2) is 12.1. The first-order chi connectivity index (χ1) is 15.6. The smallest absolute Gasteiger partial charge is 0.277 e. The van der Waals surface area contributed by atoms with Crippen LogP contribution >= 0.6 is 0 Å². The van der Waals surface area contributed by atoms with Crippen molar-refractivity contribution in [2.45, 2.75) is 65.2 Å². The Bertz CT molecular complexity index is 798. The van der Waals surface area contributed by atoms with Gasteiger partial charge >= 0.3 is 0 Å². The summed E-state index contributed by atoms with van der Waals surface area (Å²) in [7, 11) is 0. The Morgan fingerprint density at radius 1 is 0.781 bits per heavy atom. The van der Waals surface area contributed by atoms with Crippen LogP contribution in [0.2, 0.25) is 0 Å². The van der Waals surface area contributed by atoms with Crippen molar-refractivity contribution in [2.24, 2.45) is 0 Å². The molecule has 6 heteroatoms. The van der Waals surface area contributed by atoms with Crippen LogP contribution in [0.15, 0.2) is 30.0 Å². The number of unbranched alkanes of at least 4 members (excludes halogenated alkanes) is 7. The maximum Gasteiger partial charge on any atom is 0.277 e. The molecule has 0 bridgehead atoms. The SMILES string of the molecule is CCCCCCCCCCN1C(=O)C(c2ccc(F)cc2)=C(N2CCN(CC)CC2)C1=O. The zero-order valence-electron chi connectivity index (χ0n) is 19.7. The quantitative estimate of drug-likeness (QED) is 0.347. The number of benzene rings is 1. The molecule has 0 saturated carbocycles. The van der Waals surface area contributed by atoms with E-state index in [-0.39, 0.29) is 17.6 Å². The molecular weight excluding hydrogens is 405 g/mol. The molecule has 0 aliphatic carbocycles. The van der Waals surface area contributed by atoms with Gasteiger partial charge < -0.3 is 9.80 Å². The summed E-state index contributed by atoms with van der Waals surface area (Å²) in [4.78, 5) is 32.5. The van der Waals surface area contributed by atoms with Crippen molar-refractivity contribution >= 4 is 17.4 Å². The number of imide groups is 1. The molecule has 2 heterocycles. The van der Waals surface area contributed by atoms with E-state index in [1.165, 1.54) is 49.1 Å². The summed E-state index contributed by atoms with van der Waals surface area (Å²) in [6.07, 6.45) is 9.32. The molecule has 2 amide bonds. The van der Waals surface area contributed by atoms with Crippen LogP contribution in [0.5, 0.6) is 0 Å². The lowest BCUT2D eigenvalue weighted by Gasteiger charge is -2.36. The van der Waals surface area contributed by atoms with Crippen LogP contribution in [0.25, 0.3) is 5.57 Å². The molecular formula is C26H38FN3O2. The minimum atomic E-state index is -0.347. The average molecular weight is 444 g/mol. The number of carbonyl (C=O) groups excluding carboxylic acids is 2. The number of rotatable bonds is 12. The molecule has 0 spiro atoms. The van der Waals surface area contributed by atoms with Crippen molar-refractivity contribution < 1.29 is 14.0 Å². The lowest BCUT2D eigenvalue weighted by Crippen LogP contribution is -2.47. The summed E-state index contributed by atoms with van der Waals surface area (Å²) >= 11 is 0. The van der Waals surface area contributed by atoms with Gasteiger partial charge in [0.25, 0.3) is 11.8 Å². The topological polar surface area (TPSA) is 43.9 Å². The molecule has 3 rings (SSSR count). The van der Waals surface area contributed by atoms with Crippen LogP contribution in [0.3, 0.4) is 0 Å². The summed E-state index contributed by atoms with van der Waals surface area (Å²) in [6, 6.07) is 5.93. The van der Waals surface area contributed by atoms with Gasteiger partial charge in [0.15, 0.2) is 0 Å². The summed E-state index contributed by atoms with van der Waals surface area (Å²) in [6.45, 7) is 8.97. The monoisotopic (exact) mass is 443 g/mol. The summed E-state index contributed by atoms with van der Waals surface area (Å²) in [5.74, 6) is -0.778. The second-order valence-electron chi connectivity index (χ2n) is 8.89. The third kappa shape index (κ3) is 5.97. The minimum Gasteiger partial charge on any atom is -0.364 e. The third-order valence-electron chi connectivity index (χ3n) is 6.65. The largest absolute Gasteiger partial charge is 0.364 e. The Balaban J connectivity index is 1.67. The zero-order chi connectivity index (χ0) is 22.9. The van der Waals surface area contributed by atoms with Gasteiger partial charge in [-0.25, -0.2) is 4.39 Å². The Labute approximate surface area is 192 Å². The van der Waals surface area contributed by atoms with E-state index in [1.54, 1.807) is 12.1 Å². The zero-order valence-corrected chi connectivity index (χ0v) is 19.7. The molecule has 5 nitrogen and oxygen atoms in total. The van der Waals surface area contributed by atoms with Crippen LogP contribution in [0.4, 0.5) is 4.39 Å². The van der Waals surface area contributed by atoms with Gasteiger partial charge in [0.05, 0.1) is 5.57 Å². The standard InChI is InChI=1S/C26H38FN3O2/c1-3-5-6-7-8-9-10-11-16-30-25(31)23(21-12-14-22(27)15-13-21)24(26(30)32)29-19-17-28(4-2)18-20-29/h12-15H,3-11,16-20H2,1-2H3. The highest BCUT2D eigenvalue weighted by Crippen LogP contribution is 2.32. The fraction of sp³-hybridized carbons (Fsp3) is 0.615. The molecule has 1 aromatic carbocycles. The molecule has 0 N–H and O–H groups in total. The fourth-order valence-electron chi connectivity index (χ4n) is 4.63. The maximum absolute atomic E-state index is 13.5. The molecule has 176 valence electrons. The van der Waals surface area contributed by atoms with Crippen LogP contribution < -0.4 is 0 Å².